The minimum Gasteiger partial charge on any atom is -0.340 e. The summed E-state index contributed by atoms with van der Waals surface area (Å²) in [4.78, 5) is 16.5. The Bertz CT molecular complexity index is 247. The van der Waals surface area contributed by atoms with E-state index in [2.05, 4.69) is 39.5 Å². The van der Waals surface area contributed by atoms with Crippen LogP contribution in [0.25, 0.3) is 0 Å². The van der Waals surface area contributed by atoms with Crippen LogP contribution in [0.2, 0.25) is 0 Å². The molecule has 0 radical (unpaired) electrons. The number of rotatable bonds is 3. The van der Waals surface area contributed by atoms with Gasteiger partial charge >= 0.3 is 0 Å². The van der Waals surface area contributed by atoms with Gasteiger partial charge in [-0.25, -0.2) is 0 Å². The number of piperazine rings is 1. The SMILES string of the molecule is CC(C)CN1CCN(C(=O)CC(C)(C)C)CC1. The molecule has 1 aliphatic heterocycles. The third-order valence-electron chi connectivity index (χ3n) is 3.03. The van der Waals surface area contributed by atoms with Crippen molar-refractivity contribution in [2.24, 2.45) is 11.3 Å². The van der Waals surface area contributed by atoms with Crippen LogP contribution in [0.4, 0.5) is 0 Å². The van der Waals surface area contributed by atoms with Crippen molar-refractivity contribution in [3.63, 3.8) is 0 Å². The summed E-state index contributed by atoms with van der Waals surface area (Å²) in [6.45, 7) is 15.9. The summed E-state index contributed by atoms with van der Waals surface area (Å²) in [6.07, 6.45) is 0.664. The van der Waals surface area contributed by atoms with Gasteiger partial charge < -0.3 is 4.90 Å². The molecule has 1 aliphatic rings. The van der Waals surface area contributed by atoms with E-state index in [-0.39, 0.29) is 5.41 Å². The van der Waals surface area contributed by atoms with Gasteiger partial charge in [-0.3, -0.25) is 9.69 Å². The Hall–Kier alpha value is -0.570. The minimum absolute atomic E-state index is 0.103. The van der Waals surface area contributed by atoms with Crippen LogP contribution in [0.1, 0.15) is 41.0 Å². The smallest absolute Gasteiger partial charge is 0.223 e. The highest BCUT2D eigenvalue weighted by Crippen LogP contribution is 2.20. The normalized spacial score (nSPS) is 18.8. The summed E-state index contributed by atoms with van der Waals surface area (Å²) < 4.78 is 0. The first-order valence-electron chi connectivity index (χ1n) is 6.78. The van der Waals surface area contributed by atoms with Crippen molar-refractivity contribution >= 4 is 5.91 Å². The summed E-state index contributed by atoms with van der Waals surface area (Å²) in [7, 11) is 0. The maximum Gasteiger partial charge on any atom is 0.223 e. The van der Waals surface area contributed by atoms with Crippen LogP contribution < -0.4 is 0 Å². The number of hydrogen-bond donors (Lipinski definition) is 0. The predicted octanol–water partition coefficient (Wildman–Crippen LogP) is 2.22. The number of amides is 1. The average molecular weight is 240 g/mol. The molecule has 0 aromatic rings. The van der Waals surface area contributed by atoms with Crippen molar-refractivity contribution in [2.45, 2.75) is 41.0 Å². The first-order valence-corrected chi connectivity index (χ1v) is 6.78. The Kier molecular flexibility index (Phi) is 4.99. The minimum atomic E-state index is 0.103. The van der Waals surface area contributed by atoms with Gasteiger partial charge in [0.25, 0.3) is 0 Å². The second-order valence-electron chi connectivity index (χ2n) is 6.81. The molecule has 0 bridgehead atoms. The Morgan fingerprint density at radius 2 is 1.65 bits per heavy atom. The van der Waals surface area contributed by atoms with Gasteiger partial charge in [-0.05, 0) is 11.3 Å². The highest BCUT2D eigenvalue weighted by atomic mass is 16.2. The van der Waals surface area contributed by atoms with Crippen molar-refractivity contribution in [1.29, 1.82) is 0 Å². The first-order chi connectivity index (χ1) is 7.78. The predicted molar refractivity (Wildman–Crippen MR) is 71.9 cm³/mol. The summed E-state index contributed by atoms with van der Waals surface area (Å²) in [5.41, 5.74) is 0.103. The third kappa shape index (κ3) is 5.53. The molecule has 1 amide bonds. The quantitative estimate of drug-likeness (QED) is 0.755. The molecule has 0 spiro atoms. The molecule has 100 valence electrons. The zero-order valence-electron chi connectivity index (χ0n) is 12.1. The Labute approximate surface area is 106 Å². The molecule has 0 atom stereocenters. The summed E-state index contributed by atoms with van der Waals surface area (Å²) in [6, 6.07) is 0. The molecule has 0 unspecified atom stereocenters. The average Bonchev–Trinajstić information content (AvgIpc) is 2.15. The molecule has 1 heterocycles. The lowest BCUT2D eigenvalue weighted by Gasteiger charge is -2.36. The molecule has 0 aliphatic carbocycles. The largest absolute Gasteiger partial charge is 0.340 e. The Morgan fingerprint density at radius 1 is 1.12 bits per heavy atom. The van der Waals surface area contributed by atoms with Gasteiger partial charge in [-0.15, -0.1) is 0 Å². The second-order valence-corrected chi connectivity index (χ2v) is 6.81. The summed E-state index contributed by atoms with van der Waals surface area (Å²) >= 11 is 0. The van der Waals surface area contributed by atoms with Crippen LogP contribution in [0.5, 0.6) is 0 Å². The van der Waals surface area contributed by atoms with Crippen molar-refractivity contribution in [3.8, 4) is 0 Å². The molecular formula is C14H28N2O. The van der Waals surface area contributed by atoms with Crippen molar-refractivity contribution in [2.75, 3.05) is 32.7 Å². The molecule has 17 heavy (non-hydrogen) atoms. The molecule has 0 aromatic heterocycles. The number of carbonyl (C=O) groups excluding carboxylic acids is 1. The van der Waals surface area contributed by atoms with E-state index in [1.807, 2.05) is 4.90 Å². The van der Waals surface area contributed by atoms with E-state index in [0.29, 0.717) is 18.2 Å². The van der Waals surface area contributed by atoms with Crippen LogP contribution in [-0.2, 0) is 4.79 Å². The monoisotopic (exact) mass is 240 g/mol. The second kappa shape index (κ2) is 5.85. The third-order valence-corrected chi connectivity index (χ3v) is 3.03. The molecule has 0 N–H and O–H groups in total. The Morgan fingerprint density at radius 3 is 2.06 bits per heavy atom. The lowest BCUT2D eigenvalue weighted by molar-refractivity contribution is -0.134. The fourth-order valence-corrected chi connectivity index (χ4v) is 2.26. The summed E-state index contributed by atoms with van der Waals surface area (Å²) in [5, 5.41) is 0. The van der Waals surface area contributed by atoms with Gasteiger partial charge in [0.15, 0.2) is 0 Å². The zero-order valence-corrected chi connectivity index (χ0v) is 12.1. The van der Waals surface area contributed by atoms with E-state index < -0.39 is 0 Å². The molecule has 3 nitrogen and oxygen atoms in total. The van der Waals surface area contributed by atoms with E-state index in [1.165, 1.54) is 0 Å². The van der Waals surface area contributed by atoms with Gasteiger partial charge in [0.1, 0.15) is 0 Å². The first kappa shape index (κ1) is 14.5. The fourth-order valence-electron chi connectivity index (χ4n) is 2.26. The van der Waals surface area contributed by atoms with Crippen molar-refractivity contribution in [1.82, 2.24) is 9.80 Å². The highest BCUT2D eigenvalue weighted by Gasteiger charge is 2.24. The lowest BCUT2D eigenvalue weighted by atomic mass is 9.91. The van der Waals surface area contributed by atoms with Crippen LogP contribution in [0.3, 0.4) is 0 Å². The van der Waals surface area contributed by atoms with Crippen molar-refractivity contribution in [3.05, 3.63) is 0 Å². The molecular weight excluding hydrogens is 212 g/mol. The van der Waals surface area contributed by atoms with E-state index in [4.69, 9.17) is 0 Å². The number of hydrogen-bond acceptors (Lipinski definition) is 2. The van der Waals surface area contributed by atoms with Gasteiger partial charge in [-0.2, -0.15) is 0 Å². The maximum atomic E-state index is 12.1. The summed E-state index contributed by atoms with van der Waals surface area (Å²) in [5.74, 6) is 1.04. The molecule has 0 aromatic carbocycles. The molecule has 3 heteroatoms. The van der Waals surface area contributed by atoms with Gasteiger partial charge in [0.05, 0.1) is 0 Å². The van der Waals surface area contributed by atoms with E-state index in [0.717, 1.165) is 32.7 Å². The maximum absolute atomic E-state index is 12.1. The van der Waals surface area contributed by atoms with Gasteiger partial charge in [-0.1, -0.05) is 34.6 Å². The molecule has 1 fully saturated rings. The van der Waals surface area contributed by atoms with Crippen LogP contribution in [0, 0.1) is 11.3 Å². The molecule has 1 saturated heterocycles. The van der Waals surface area contributed by atoms with Crippen LogP contribution in [0.15, 0.2) is 0 Å². The fraction of sp³-hybridized carbons (Fsp3) is 0.929. The van der Waals surface area contributed by atoms with Crippen molar-refractivity contribution < 1.29 is 4.79 Å². The lowest BCUT2D eigenvalue weighted by Crippen LogP contribution is -2.50. The molecule has 0 saturated carbocycles. The number of nitrogens with zero attached hydrogens (tertiary/aromatic N) is 2. The standard InChI is InChI=1S/C14H28N2O/c1-12(2)11-15-6-8-16(9-7-15)13(17)10-14(3,4)5/h12H,6-11H2,1-5H3. The zero-order chi connectivity index (χ0) is 13.1. The Balaban J connectivity index is 2.34. The van der Waals surface area contributed by atoms with E-state index >= 15 is 0 Å². The van der Waals surface area contributed by atoms with Crippen LogP contribution >= 0.6 is 0 Å². The van der Waals surface area contributed by atoms with E-state index in [9.17, 15) is 4.79 Å². The van der Waals surface area contributed by atoms with Crippen LogP contribution in [-0.4, -0.2) is 48.4 Å². The van der Waals surface area contributed by atoms with Gasteiger partial charge in [0.2, 0.25) is 5.91 Å². The van der Waals surface area contributed by atoms with E-state index in [1.54, 1.807) is 0 Å². The number of carbonyl (C=O) groups is 1. The molecule has 1 rings (SSSR count). The highest BCUT2D eigenvalue weighted by molar-refractivity contribution is 5.76. The topological polar surface area (TPSA) is 23.6 Å². The van der Waals surface area contributed by atoms with Gasteiger partial charge in [0, 0.05) is 39.1 Å².